The van der Waals surface area contributed by atoms with Crippen LogP contribution in [0.5, 0.6) is 0 Å². The molecule has 0 spiro atoms. The van der Waals surface area contributed by atoms with E-state index in [2.05, 4.69) is 0 Å². The molecule has 4 atom stereocenters. The van der Waals surface area contributed by atoms with Crippen molar-refractivity contribution in [2.45, 2.75) is 37.9 Å². The van der Waals surface area contributed by atoms with E-state index in [4.69, 9.17) is 9.84 Å². The average Bonchev–Trinajstić information content (AvgIpc) is 2.61. The average molecular weight is 257 g/mol. The number of hydrogen-bond donors (Lipinski definition) is 3. The second-order valence-electron chi connectivity index (χ2n) is 4.44. The Balaban J connectivity index is 2.22. The first kappa shape index (κ1) is 13.2. The maximum Gasteiger partial charge on any atom is 0.236 e. The molecule has 2 aliphatic heterocycles. The van der Waals surface area contributed by atoms with E-state index in [0.717, 1.165) is 4.90 Å². The topological polar surface area (TPSA) is 107 Å². The third-order valence-electron chi connectivity index (χ3n) is 3.16. The molecule has 0 saturated carbocycles. The maximum atomic E-state index is 11.7. The van der Waals surface area contributed by atoms with Crippen molar-refractivity contribution in [3.8, 4) is 0 Å². The van der Waals surface area contributed by atoms with Gasteiger partial charge in [-0.05, 0) is 6.92 Å². The number of ketones is 1. The van der Waals surface area contributed by atoms with Gasteiger partial charge in [0.15, 0.2) is 12.0 Å². The minimum atomic E-state index is -1.32. The summed E-state index contributed by atoms with van der Waals surface area (Å²) in [6.07, 6.45) is -3.58. The molecule has 0 aromatic heterocycles. The van der Waals surface area contributed by atoms with Gasteiger partial charge in [-0.2, -0.15) is 0 Å². The minimum absolute atomic E-state index is 0.275. The summed E-state index contributed by atoms with van der Waals surface area (Å²) in [7, 11) is 0. The fourth-order valence-electron chi connectivity index (χ4n) is 2.05. The molecule has 2 heterocycles. The molecular formula is C11H15NO6. The Kier molecular flexibility index (Phi) is 3.49. The third kappa shape index (κ3) is 2.05. The number of carbonyl (C=O) groups excluding carboxylic acids is 2. The molecule has 1 amide bonds. The molecule has 0 aliphatic carbocycles. The zero-order chi connectivity index (χ0) is 13.4. The van der Waals surface area contributed by atoms with Gasteiger partial charge in [0.05, 0.1) is 13.0 Å². The van der Waals surface area contributed by atoms with E-state index in [1.807, 2.05) is 0 Å². The highest BCUT2D eigenvalue weighted by Gasteiger charge is 2.47. The number of amides is 1. The number of aliphatic hydroxyl groups excluding tert-OH is 3. The summed E-state index contributed by atoms with van der Waals surface area (Å²) in [5.74, 6) is -0.775. The highest BCUT2D eigenvalue weighted by atomic mass is 16.6. The van der Waals surface area contributed by atoms with Crippen molar-refractivity contribution in [3.63, 3.8) is 0 Å². The highest BCUT2D eigenvalue weighted by Crippen LogP contribution is 2.27. The predicted octanol–water partition coefficient (Wildman–Crippen LogP) is -1.87. The molecule has 100 valence electrons. The molecule has 1 fully saturated rings. The number of hydrogen-bond acceptors (Lipinski definition) is 6. The highest BCUT2D eigenvalue weighted by molar-refractivity contribution is 6.09. The number of carbonyl (C=O) groups is 2. The first-order valence-electron chi connectivity index (χ1n) is 5.61. The van der Waals surface area contributed by atoms with Crippen LogP contribution in [0.1, 0.15) is 13.3 Å². The zero-order valence-corrected chi connectivity index (χ0v) is 9.81. The van der Waals surface area contributed by atoms with E-state index in [9.17, 15) is 19.8 Å². The van der Waals surface area contributed by atoms with Crippen LogP contribution in [-0.2, 0) is 14.3 Å². The van der Waals surface area contributed by atoms with Gasteiger partial charge >= 0.3 is 0 Å². The summed E-state index contributed by atoms with van der Waals surface area (Å²) in [6, 6.07) is 0. The Morgan fingerprint density at radius 2 is 2.06 bits per heavy atom. The summed E-state index contributed by atoms with van der Waals surface area (Å²) in [4.78, 5) is 24.1. The largest absolute Gasteiger partial charge is 0.394 e. The van der Waals surface area contributed by atoms with Crippen LogP contribution in [-0.4, -0.2) is 63.1 Å². The van der Waals surface area contributed by atoms with E-state index in [0.29, 0.717) is 5.57 Å². The lowest BCUT2D eigenvalue weighted by molar-refractivity contribution is -0.149. The second kappa shape index (κ2) is 4.77. The SMILES string of the molecule is CC1=CN([C@@H]2O[C@H](CO)[C@@H](O)[C@H]2O)C(=O)CC1=O. The lowest BCUT2D eigenvalue weighted by Crippen LogP contribution is -2.46. The van der Waals surface area contributed by atoms with Crippen LogP contribution in [0.4, 0.5) is 0 Å². The van der Waals surface area contributed by atoms with Crippen molar-refractivity contribution in [2.24, 2.45) is 0 Å². The summed E-state index contributed by atoms with van der Waals surface area (Å²) >= 11 is 0. The van der Waals surface area contributed by atoms with Gasteiger partial charge in [-0.1, -0.05) is 0 Å². The van der Waals surface area contributed by atoms with Gasteiger partial charge in [0.1, 0.15) is 18.3 Å². The molecule has 0 radical (unpaired) electrons. The van der Waals surface area contributed by atoms with Crippen molar-refractivity contribution >= 4 is 11.7 Å². The molecular weight excluding hydrogens is 242 g/mol. The van der Waals surface area contributed by atoms with Crippen LogP contribution in [0.25, 0.3) is 0 Å². The van der Waals surface area contributed by atoms with Crippen LogP contribution in [0, 0.1) is 0 Å². The maximum absolute atomic E-state index is 11.7. The molecule has 7 nitrogen and oxygen atoms in total. The molecule has 0 aromatic rings. The minimum Gasteiger partial charge on any atom is -0.394 e. The standard InChI is InChI=1S/C11H15NO6/c1-5-3-12(8(15)2-6(5)14)11-10(17)9(16)7(4-13)18-11/h3,7,9-11,13,16-17H,2,4H2,1H3/t7-,9-,10-,11-/m1/s1. The fraction of sp³-hybridized carbons (Fsp3) is 0.636. The Morgan fingerprint density at radius 1 is 1.39 bits per heavy atom. The predicted molar refractivity (Wildman–Crippen MR) is 58.0 cm³/mol. The van der Waals surface area contributed by atoms with Gasteiger partial charge < -0.3 is 20.1 Å². The molecule has 1 saturated heterocycles. The van der Waals surface area contributed by atoms with Gasteiger partial charge in [0.2, 0.25) is 5.91 Å². The van der Waals surface area contributed by atoms with Gasteiger partial charge in [-0.3, -0.25) is 14.5 Å². The van der Waals surface area contributed by atoms with Crippen molar-refractivity contribution in [1.82, 2.24) is 4.90 Å². The summed E-state index contributed by atoms with van der Waals surface area (Å²) in [6.45, 7) is 1.10. The fourth-order valence-corrected chi connectivity index (χ4v) is 2.05. The van der Waals surface area contributed by atoms with E-state index in [1.54, 1.807) is 6.92 Å². The lowest BCUT2D eigenvalue weighted by Gasteiger charge is -2.30. The van der Waals surface area contributed by atoms with Crippen molar-refractivity contribution in [3.05, 3.63) is 11.8 Å². The van der Waals surface area contributed by atoms with Crippen LogP contribution in [0.3, 0.4) is 0 Å². The molecule has 0 unspecified atom stereocenters. The quantitative estimate of drug-likeness (QED) is 0.500. The van der Waals surface area contributed by atoms with Gasteiger partial charge in [-0.25, -0.2) is 0 Å². The summed E-state index contributed by atoms with van der Waals surface area (Å²) in [5.41, 5.74) is 0.382. The van der Waals surface area contributed by atoms with Gasteiger partial charge in [-0.15, -0.1) is 0 Å². The molecule has 2 aliphatic rings. The smallest absolute Gasteiger partial charge is 0.236 e. The Labute approximate surface area is 103 Å². The Bertz CT molecular complexity index is 406. The van der Waals surface area contributed by atoms with E-state index in [-0.39, 0.29) is 12.2 Å². The molecule has 3 N–H and O–H groups in total. The number of allylic oxidation sites excluding steroid dienone is 1. The molecule has 0 bridgehead atoms. The number of nitrogens with zero attached hydrogens (tertiary/aromatic N) is 1. The zero-order valence-electron chi connectivity index (χ0n) is 9.81. The molecule has 7 heteroatoms. The van der Waals surface area contributed by atoms with E-state index >= 15 is 0 Å². The second-order valence-corrected chi connectivity index (χ2v) is 4.44. The van der Waals surface area contributed by atoms with Gasteiger partial charge in [0, 0.05) is 11.8 Å². The lowest BCUT2D eigenvalue weighted by atomic mass is 10.1. The molecule has 2 rings (SSSR count). The van der Waals surface area contributed by atoms with Crippen LogP contribution >= 0.6 is 0 Å². The number of ether oxygens (including phenoxy) is 1. The Morgan fingerprint density at radius 3 is 2.61 bits per heavy atom. The number of rotatable bonds is 2. The Hall–Kier alpha value is -1.28. The normalized spacial score (nSPS) is 37.1. The number of Topliss-reactive ketones (excluding diaryl/α,β-unsaturated/α-hetero) is 1. The van der Waals surface area contributed by atoms with Crippen molar-refractivity contribution < 1.29 is 29.6 Å². The first-order chi connectivity index (χ1) is 8.45. The number of aliphatic hydroxyl groups is 3. The summed E-state index contributed by atoms with van der Waals surface area (Å²) in [5, 5.41) is 28.4. The van der Waals surface area contributed by atoms with Crippen LogP contribution < -0.4 is 0 Å². The van der Waals surface area contributed by atoms with Crippen molar-refractivity contribution in [1.29, 1.82) is 0 Å². The van der Waals surface area contributed by atoms with E-state index < -0.39 is 37.1 Å². The molecule has 0 aromatic carbocycles. The third-order valence-corrected chi connectivity index (χ3v) is 3.16. The van der Waals surface area contributed by atoms with E-state index in [1.165, 1.54) is 6.20 Å². The first-order valence-corrected chi connectivity index (χ1v) is 5.61. The monoisotopic (exact) mass is 257 g/mol. The summed E-state index contributed by atoms with van der Waals surface area (Å²) < 4.78 is 5.23. The van der Waals surface area contributed by atoms with Crippen LogP contribution in [0.15, 0.2) is 11.8 Å². The van der Waals surface area contributed by atoms with Gasteiger partial charge in [0.25, 0.3) is 0 Å². The molecule has 18 heavy (non-hydrogen) atoms. The van der Waals surface area contributed by atoms with Crippen LogP contribution in [0.2, 0.25) is 0 Å². The van der Waals surface area contributed by atoms with Crippen molar-refractivity contribution in [2.75, 3.05) is 6.61 Å².